The number of aryl methyl sites for hydroxylation is 2. The summed E-state index contributed by atoms with van der Waals surface area (Å²) in [7, 11) is 0. The highest BCUT2D eigenvalue weighted by Gasteiger charge is 2.05. The van der Waals surface area contributed by atoms with Crippen molar-refractivity contribution >= 4 is 17.6 Å². The lowest BCUT2D eigenvalue weighted by molar-refractivity contribution is -0.137. The van der Waals surface area contributed by atoms with Gasteiger partial charge in [-0.2, -0.15) is 0 Å². The van der Waals surface area contributed by atoms with Gasteiger partial charge in [-0.05, 0) is 43.9 Å². The van der Waals surface area contributed by atoms with E-state index in [9.17, 15) is 9.59 Å². The first-order valence-corrected chi connectivity index (χ1v) is 6.08. The van der Waals surface area contributed by atoms with E-state index in [1.165, 1.54) is 0 Å². The number of aliphatic carboxylic acids is 1. The third-order valence-electron chi connectivity index (χ3n) is 2.71. The Morgan fingerprint density at radius 2 is 1.83 bits per heavy atom. The van der Waals surface area contributed by atoms with Gasteiger partial charge in [0, 0.05) is 18.5 Å². The average molecular weight is 249 g/mol. The van der Waals surface area contributed by atoms with Crippen molar-refractivity contribution in [2.75, 3.05) is 5.32 Å². The van der Waals surface area contributed by atoms with E-state index in [0.29, 0.717) is 19.3 Å². The van der Waals surface area contributed by atoms with E-state index in [2.05, 4.69) is 5.32 Å². The van der Waals surface area contributed by atoms with Gasteiger partial charge in [0.1, 0.15) is 0 Å². The van der Waals surface area contributed by atoms with Gasteiger partial charge >= 0.3 is 5.97 Å². The predicted molar refractivity (Wildman–Crippen MR) is 70.6 cm³/mol. The van der Waals surface area contributed by atoms with Crippen LogP contribution >= 0.6 is 0 Å². The number of anilines is 1. The van der Waals surface area contributed by atoms with Crippen LogP contribution in [0.3, 0.4) is 0 Å². The Kier molecular flexibility index (Phi) is 5.36. The second kappa shape index (κ2) is 6.79. The summed E-state index contributed by atoms with van der Waals surface area (Å²) in [6.07, 6.45) is 1.62. The van der Waals surface area contributed by atoms with E-state index in [4.69, 9.17) is 5.11 Å². The number of amides is 1. The van der Waals surface area contributed by atoms with E-state index >= 15 is 0 Å². The number of rotatable bonds is 6. The number of unbranched alkanes of at least 4 members (excludes halogenated alkanes) is 1. The summed E-state index contributed by atoms with van der Waals surface area (Å²) in [6.45, 7) is 3.92. The molecule has 0 aliphatic heterocycles. The topological polar surface area (TPSA) is 66.4 Å². The van der Waals surface area contributed by atoms with Crippen LogP contribution in [0, 0.1) is 13.8 Å². The number of benzene rings is 1. The van der Waals surface area contributed by atoms with Crippen LogP contribution in [0.1, 0.15) is 36.8 Å². The maximum absolute atomic E-state index is 11.7. The molecule has 0 atom stereocenters. The SMILES string of the molecule is Cc1ccc(C)c(NC(=O)CCCCC(=O)O)c1. The molecule has 0 aliphatic carbocycles. The fourth-order valence-corrected chi connectivity index (χ4v) is 1.64. The Labute approximate surface area is 107 Å². The summed E-state index contributed by atoms with van der Waals surface area (Å²) < 4.78 is 0. The van der Waals surface area contributed by atoms with Gasteiger partial charge in [0.2, 0.25) is 5.91 Å². The smallest absolute Gasteiger partial charge is 0.303 e. The molecule has 18 heavy (non-hydrogen) atoms. The van der Waals surface area contributed by atoms with E-state index in [1.807, 2.05) is 32.0 Å². The molecule has 0 spiro atoms. The van der Waals surface area contributed by atoms with E-state index in [1.54, 1.807) is 0 Å². The Hall–Kier alpha value is -1.84. The van der Waals surface area contributed by atoms with Crippen LogP contribution in [0.2, 0.25) is 0 Å². The molecule has 1 aromatic rings. The van der Waals surface area contributed by atoms with Crippen molar-refractivity contribution in [3.63, 3.8) is 0 Å². The molecule has 0 bridgehead atoms. The third-order valence-corrected chi connectivity index (χ3v) is 2.71. The van der Waals surface area contributed by atoms with E-state index in [0.717, 1.165) is 16.8 Å². The van der Waals surface area contributed by atoms with Gasteiger partial charge in [-0.25, -0.2) is 0 Å². The lowest BCUT2D eigenvalue weighted by Gasteiger charge is -2.09. The molecule has 98 valence electrons. The molecule has 0 saturated carbocycles. The molecule has 0 fully saturated rings. The van der Waals surface area contributed by atoms with Crippen LogP contribution in [0.4, 0.5) is 5.69 Å². The van der Waals surface area contributed by atoms with Crippen LogP contribution in [-0.2, 0) is 9.59 Å². The van der Waals surface area contributed by atoms with Crippen molar-refractivity contribution in [3.8, 4) is 0 Å². The van der Waals surface area contributed by atoms with Gasteiger partial charge < -0.3 is 10.4 Å². The Balaban J connectivity index is 2.40. The van der Waals surface area contributed by atoms with Crippen molar-refractivity contribution < 1.29 is 14.7 Å². The molecule has 0 saturated heterocycles. The summed E-state index contributed by atoms with van der Waals surface area (Å²) in [5, 5.41) is 11.3. The van der Waals surface area contributed by atoms with Crippen LogP contribution in [-0.4, -0.2) is 17.0 Å². The average Bonchev–Trinajstić information content (AvgIpc) is 2.29. The number of hydrogen-bond donors (Lipinski definition) is 2. The monoisotopic (exact) mass is 249 g/mol. The van der Waals surface area contributed by atoms with Crippen molar-refractivity contribution in [2.24, 2.45) is 0 Å². The highest BCUT2D eigenvalue weighted by atomic mass is 16.4. The molecule has 1 aromatic carbocycles. The fourth-order valence-electron chi connectivity index (χ4n) is 1.64. The quantitative estimate of drug-likeness (QED) is 0.762. The van der Waals surface area contributed by atoms with Crippen LogP contribution < -0.4 is 5.32 Å². The number of carboxylic acids is 1. The Bertz CT molecular complexity index is 441. The van der Waals surface area contributed by atoms with Gasteiger partial charge in [0.05, 0.1) is 0 Å². The molecule has 0 aliphatic rings. The molecule has 4 heteroatoms. The highest BCUT2D eigenvalue weighted by molar-refractivity contribution is 5.91. The zero-order valence-electron chi connectivity index (χ0n) is 10.8. The van der Waals surface area contributed by atoms with Crippen molar-refractivity contribution in [1.29, 1.82) is 0 Å². The molecule has 1 amide bonds. The standard InChI is InChI=1S/C14H19NO3/c1-10-7-8-11(2)12(9-10)15-13(16)5-3-4-6-14(17)18/h7-9H,3-6H2,1-2H3,(H,15,16)(H,17,18). The third kappa shape index (κ3) is 4.99. The van der Waals surface area contributed by atoms with Crippen LogP contribution in [0.25, 0.3) is 0 Å². The lowest BCUT2D eigenvalue weighted by atomic mass is 10.1. The minimum absolute atomic E-state index is 0.0610. The van der Waals surface area contributed by atoms with Gasteiger partial charge in [-0.1, -0.05) is 12.1 Å². The second-order valence-corrected chi connectivity index (χ2v) is 4.47. The van der Waals surface area contributed by atoms with Crippen molar-refractivity contribution in [2.45, 2.75) is 39.5 Å². The van der Waals surface area contributed by atoms with Gasteiger partial charge in [-0.15, -0.1) is 0 Å². The fraction of sp³-hybridized carbons (Fsp3) is 0.429. The first-order valence-electron chi connectivity index (χ1n) is 6.08. The first kappa shape index (κ1) is 14.2. The lowest BCUT2D eigenvalue weighted by Crippen LogP contribution is -2.12. The number of carboxylic acid groups (broad SMARTS) is 1. The molecule has 2 N–H and O–H groups in total. The normalized spacial score (nSPS) is 10.1. The molecular formula is C14H19NO3. The van der Waals surface area contributed by atoms with Crippen molar-refractivity contribution in [3.05, 3.63) is 29.3 Å². The molecule has 0 heterocycles. The molecular weight excluding hydrogens is 230 g/mol. The second-order valence-electron chi connectivity index (χ2n) is 4.47. The van der Waals surface area contributed by atoms with Crippen molar-refractivity contribution in [1.82, 2.24) is 0 Å². The number of hydrogen-bond acceptors (Lipinski definition) is 2. The summed E-state index contributed by atoms with van der Waals surface area (Å²) in [6, 6.07) is 5.90. The maximum Gasteiger partial charge on any atom is 0.303 e. The molecule has 1 rings (SSSR count). The summed E-state index contributed by atoms with van der Waals surface area (Å²) in [5.74, 6) is -0.876. The molecule has 0 aromatic heterocycles. The summed E-state index contributed by atoms with van der Waals surface area (Å²) in [4.78, 5) is 22.0. The Morgan fingerprint density at radius 3 is 2.50 bits per heavy atom. The summed E-state index contributed by atoms with van der Waals surface area (Å²) >= 11 is 0. The largest absolute Gasteiger partial charge is 0.481 e. The van der Waals surface area contributed by atoms with Crippen LogP contribution in [0.15, 0.2) is 18.2 Å². The predicted octanol–water partition coefficient (Wildman–Crippen LogP) is 2.89. The highest BCUT2D eigenvalue weighted by Crippen LogP contribution is 2.16. The zero-order valence-corrected chi connectivity index (χ0v) is 10.8. The minimum Gasteiger partial charge on any atom is -0.481 e. The van der Waals surface area contributed by atoms with Gasteiger partial charge in [0.15, 0.2) is 0 Å². The van der Waals surface area contributed by atoms with E-state index < -0.39 is 5.97 Å². The number of nitrogens with one attached hydrogen (secondary N) is 1. The van der Waals surface area contributed by atoms with Gasteiger partial charge in [0.25, 0.3) is 0 Å². The number of carbonyl (C=O) groups is 2. The molecule has 0 unspecified atom stereocenters. The van der Waals surface area contributed by atoms with Crippen LogP contribution in [0.5, 0.6) is 0 Å². The Morgan fingerprint density at radius 1 is 1.17 bits per heavy atom. The number of carbonyl (C=O) groups excluding carboxylic acids is 1. The van der Waals surface area contributed by atoms with Gasteiger partial charge in [-0.3, -0.25) is 9.59 Å². The molecule has 0 radical (unpaired) electrons. The molecule has 4 nitrogen and oxygen atoms in total. The van der Waals surface area contributed by atoms with E-state index in [-0.39, 0.29) is 12.3 Å². The zero-order chi connectivity index (χ0) is 13.5. The first-order chi connectivity index (χ1) is 8.49. The maximum atomic E-state index is 11.7. The summed E-state index contributed by atoms with van der Waals surface area (Å²) in [5.41, 5.74) is 2.96. The minimum atomic E-state index is -0.815.